The van der Waals surface area contributed by atoms with Crippen molar-refractivity contribution < 1.29 is 27.4 Å². The Kier molecular flexibility index (Phi) is 9.01. The normalized spacial score (nSPS) is 21.0. The Morgan fingerprint density at radius 3 is 2.59 bits per heavy atom. The summed E-state index contributed by atoms with van der Waals surface area (Å²) in [6, 6.07) is 12.0. The second kappa shape index (κ2) is 12.4. The largest absolute Gasteiger partial charge is 0.486 e. The van der Waals surface area contributed by atoms with Gasteiger partial charge in [0.1, 0.15) is 11.9 Å². The monoisotopic (exact) mass is 534 g/mol. The van der Waals surface area contributed by atoms with Crippen molar-refractivity contribution in [2.45, 2.75) is 70.6 Å². The van der Waals surface area contributed by atoms with E-state index in [1.165, 1.54) is 23.8 Å². The van der Waals surface area contributed by atoms with Crippen molar-refractivity contribution in [2.24, 2.45) is 0 Å². The molecule has 0 N–H and O–H groups in total. The molecule has 2 atom stereocenters. The predicted octanol–water partition coefficient (Wildman–Crippen LogP) is 8.34. The molecule has 0 heterocycles. The fourth-order valence-electron chi connectivity index (χ4n) is 5.36. The fourth-order valence-corrected chi connectivity index (χ4v) is 5.36. The predicted molar refractivity (Wildman–Crippen MR) is 147 cm³/mol. The van der Waals surface area contributed by atoms with Gasteiger partial charge in [0.05, 0.1) is 25.9 Å². The van der Waals surface area contributed by atoms with Crippen molar-refractivity contribution in [1.82, 2.24) is 0 Å². The first-order valence-corrected chi connectivity index (χ1v) is 13.2. The van der Waals surface area contributed by atoms with Crippen LogP contribution < -0.4 is 4.74 Å². The Bertz CT molecular complexity index is 1350. The minimum absolute atomic E-state index is 0.0565. The highest BCUT2D eigenvalue weighted by Gasteiger charge is 2.29. The zero-order valence-corrected chi connectivity index (χ0v) is 22.5. The molecule has 0 saturated carbocycles. The van der Waals surface area contributed by atoms with Crippen molar-refractivity contribution in [3.05, 3.63) is 94.1 Å². The van der Waals surface area contributed by atoms with Gasteiger partial charge in [0, 0.05) is 0 Å². The Morgan fingerprint density at radius 1 is 1.13 bits per heavy atom. The van der Waals surface area contributed by atoms with Crippen molar-refractivity contribution in [2.75, 3.05) is 7.11 Å². The number of carbonyl (C=O) groups excluding carboxylic acids is 1. The molecule has 0 spiro atoms. The number of allylic oxidation sites excluding steroid dienone is 6. The first kappa shape index (κ1) is 28.3. The Morgan fingerprint density at radius 2 is 1.90 bits per heavy atom. The Balaban J connectivity index is 1.47. The highest BCUT2D eigenvalue weighted by Crippen LogP contribution is 2.40. The molecule has 2 aliphatic carbocycles. The maximum Gasteiger partial charge on any atom is 0.393 e. The lowest BCUT2D eigenvalue weighted by molar-refractivity contribution is -0.140. The van der Waals surface area contributed by atoms with E-state index in [-0.39, 0.29) is 24.4 Å². The number of fused-ring (bicyclic) bond motifs is 1. The number of halogens is 3. The van der Waals surface area contributed by atoms with Gasteiger partial charge in [0.2, 0.25) is 0 Å². The van der Waals surface area contributed by atoms with E-state index in [1.54, 1.807) is 19.1 Å². The standard InChI is InChI=1S/C33H33F3O3/c1-4-7-26(20-32(37)38-3)24-12-14-27(15-13-24)39-31-19-18-29-22(2)28(16-17-30(29)31)25-10-5-8-23(9-6-11-25)21-33(34,35)36/h5,8-9,11-17,26,31H,6,10,18-21H2,1-3H3/b8-5-,23-9+,25-11+. The van der Waals surface area contributed by atoms with E-state index in [0.29, 0.717) is 18.4 Å². The summed E-state index contributed by atoms with van der Waals surface area (Å²) < 4.78 is 49.5. The molecule has 0 radical (unpaired) electrons. The molecule has 0 amide bonds. The molecule has 2 aromatic carbocycles. The summed E-state index contributed by atoms with van der Waals surface area (Å²) in [7, 11) is 1.38. The van der Waals surface area contributed by atoms with Crippen LogP contribution in [0, 0.1) is 18.8 Å². The van der Waals surface area contributed by atoms with Gasteiger partial charge in [-0.25, -0.2) is 0 Å². The maximum atomic E-state index is 12.8. The van der Waals surface area contributed by atoms with Crippen LogP contribution in [0.1, 0.15) is 78.9 Å². The molecule has 0 bridgehead atoms. The van der Waals surface area contributed by atoms with Gasteiger partial charge in [-0.1, -0.05) is 54.5 Å². The van der Waals surface area contributed by atoms with Crippen LogP contribution in [0.2, 0.25) is 0 Å². The second-order valence-electron chi connectivity index (χ2n) is 9.89. The Hall–Kier alpha value is -3.72. The topological polar surface area (TPSA) is 35.5 Å². The van der Waals surface area contributed by atoms with Crippen molar-refractivity contribution in [3.63, 3.8) is 0 Å². The number of carbonyl (C=O) groups is 1. The SMILES string of the molecule is CC#CC(CC(=O)OC)c1ccc(OC2CCc3c2ccc(/C2=C/C/C=C(CC(F)(F)F)\C=C/C2)c3C)cc1. The molecule has 0 fully saturated rings. The fraction of sp³-hybridized carbons (Fsp3) is 0.364. The number of rotatable bonds is 7. The number of hydrogen-bond donors (Lipinski definition) is 0. The van der Waals surface area contributed by atoms with E-state index in [0.717, 1.165) is 35.3 Å². The molecule has 0 aliphatic heterocycles. The van der Waals surface area contributed by atoms with E-state index in [1.807, 2.05) is 36.4 Å². The minimum atomic E-state index is -4.20. The lowest BCUT2D eigenvalue weighted by Gasteiger charge is -2.18. The summed E-state index contributed by atoms with van der Waals surface area (Å²) in [5.74, 6) is 6.20. The van der Waals surface area contributed by atoms with Gasteiger partial charge in [-0.3, -0.25) is 4.79 Å². The molecule has 0 aromatic heterocycles. The third-order valence-corrected chi connectivity index (χ3v) is 7.28. The van der Waals surface area contributed by atoms with Crippen LogP contribution in [-0.2, 0) is 16.0 Å². The molecule has 3 nitrogen and oxygen atoms in total. The molecule has 6 heteroatoms. The van der Waals surface area contributed by atoms with Crippen LogP contribution in [0.3, 0.4) is 0 Å². The first-order chi connectivity index (χ1) is 18.7. The lowest BCUT2D eigenvalue weighted by atomic mass is 9.90. The molecule has 2 unspecified atom stereocenters. The van der Waals surface area contributed by atoms with Gasteiger partial charge in [-0.05, 0) is 90.6 Å². The van der Waals surface area contributed by atoms with Crippen molar-refractivity contribution in [3.8, 4) is 17.6 Å². The zero-order valence-electron chi connectivity index (χ0n) is 22.5. The number of methoxy groups -OCH3 is 1. The summed E-state index contributed by atoms with van der Waals surface area (Å²) >= 11 is 0. The number of alkyl halides is 3. The van der Waals surface area contributed by atoms with E-state index in [2.05, 4.69) is 30.9 Å². The van der Waals surface area contributed by atoms with E-state index < -0.39 is 12.6 Å². The molecule has 2 aliphatic rings. The van der Waals surface area contributed by atoms with E-state index in [9.17, 15) is 18.0 Å². The summed E-state index contributed by atoms with van der Waals surface area (Å²) in [5.41, 5.74) is 7.19. The minimum Gasteiger partial charge on any atom is -0.486 e. The molecule has 2 aromatic rings. The van der Waals surface area contributed by atoms with Gasteiger partial charge in [-0.2, -0.15) is 13.2 Å². The number of ether oxygens (including phenoxy) is 2. The van der Waals surface area contributed by atoms with Crippen LogP contribution >= 0.6 is 0 Å². The van der Waals surface area contributed by atoms with Crippen LogP contribution in [0.25, 0.3) is 5.57 Å². The van der Waals surface area contributed by atoms with E-state index in [4.69, 9.17) is 9.47 Å². The van der Waals surface area contributed by atoms with Gasteiger partial charge in [0.25, 0.3) is 0 Å². The lowest BCUT2D eigenvalue weighted by Crippen LogP contribution is -2.08. The third-order valence-electron chi connectivity index (χ3n) is 7.28. The van der Waals surface area contributed by atoms with Crippen molar-refractivity contribution >= 4 is 11.5 Å². The van der Waals surface area contributed by atoms with E-state index >= 15 is 0 Å². The summed E-state index contributed by atoms with van der Waals surface area (Å²) in [6.07, 6.45) is 5.03. The number of hydrogen-bond acceptors (Lipinski definition) is 3. The number of esters is 1. The highest BCUT2D eigenvalue weighted by molar-refractivity contribution is 5.72. The Labute approximate surface area is 228 Å². The van der Waals surface area contributed by atoms with Crippen molar-refractivity contribution in [1.29, 1.82) is 0 Å². The smallest absolute Gasteiger partial charge is 0.393 e. The van der Waals surface area contributed by atoms with Gasteiger partial charge in [0.15, 0.2) is 0 Å². The zero-order chi connectivity index (χ0) is 28.0. The molecule has 0 saturated heterocycles. The molecule has 4 rings (SSSR count). The molecular formula is C33H33F3O3. The maximum absolute atomic E-state index is 12.8. The highest BCUT2D eigenvalue weighted by atomic mass is 19.4. The quantitative estimate of drug-likeness (QED) is 0.265. The molecule has 39 heavy (non-hydrogen) atoms. The van der Waals surface area contributed by atoms with Gasteiger partial charge < -0.3 is 9.47 Å². The summed E-state index contributed by atoms with van der Waals surface area (Å²) in [5, 5.41) is 0. The third kappa shape index (κ3) is 7.23. The molecule has 204 valence electrons. The average molecular weight is 535 g/mol. The summed E-state index contributed by atoms with van der Waals surface area (Å²) in [4.78, 5) is 11.8. The van der Waals surface area contributed by atoms with Crippen LogP contribution in [0.5, 0.6) is 5.75 Å². The van der Waals surface area contributed by atoms with Gasteiger partial charge >= 0.3 is 12.1 Å². The van der Waals surface area contributed by atoms with Crippen LogP contribution in [0.4, 0.5) is 13.2 Å². The molecular weight excluding hydrogens is 501 g/mol. The van der Waals surface area contributed by atoms with Gasteiger partial charge in [-0.15, -0.1) is 5.92 Å². The first-order valence-electron chi connectivity index (χ1n) is 13.2. The van der Waals surface area contributed by atoms with Crippen LogP contribution in [0.15, 0.2) is 66.3 Å². The number of benzene rings is 2. The average Bonchev–Trinajstić information content (AvgIpc) is 3.29. The second-order valence-corrected chi connectivity index (χ2v) is 9.89. The van der Waals surface area contributed by atoms with Crippen LogP contribution in [-0.4, -0.2) is 19.3 Å². The summed E-state index contributed by atoms with van der Waals surface area (Å²) in [6.45, 7) is 3.87.